The maximum Gasteiger partial charge on any atom is 0.273 e. The average molecular weight is 349 g/mol. The van der Waals surface area contributed by atoms with Gasteiger partial charge in [-0.05, 0) is 11.5 Å². The number of fused-ring (bicyclic) bond motifs is 1. The molecule has 0 aliphatic heterocycles. The Bertz CT molecular complexity index is 935. The van der Waals surface area contributed by atoms with E-state index in [1.807, 2.05) is 30.3 Å². The van der Waals surface area contributed by atoms with E-state index in [0.717, 1.165) is 16.5 Å². The molecule has 3 aromatic rings. The fourth-order valence-electron chi connectivity index (χ4n) is 2.85. The highest BCUT2D eigenvalue weighted by Crippen LogP contribution is 2.22. The van der Waals surface area contributed by atoms with Crippen LogP contribution in [0.1, 0.15) is 5.56 Å². The van der Waals surface area contributed by atoms with E-state index in [9.17, 15) is 14.9 Å². The highest BCUT2D eigenvalue weighted by Gasteiger charge is 2.15. The lowest BCUT2D eigenvalue weighted by molar-refractivity contribution is -0.385. The maximum atomic E-state index is 12.0. The maximum absolute atomic E-state index is 12.0. The predicted octanol–water partition coefficient (Wildman–Crippen LogP) is 3.52. The minimum Gasteiger partial charge on any atom is -0.383 e. The van der Waals surface area contributed by atoms with E-state index < -0.39 is 4.92 Å². The van der Waals surface area contributed by atoms with Gasteiger partial charge in [-0.25, -0.2) is 0 Å². The number of carbonyl (C=O) groups is 1. The topological polar surface area (TPSA) is 84.3 Å². The Labute approximate surface area is 151 Å². The van der Waals surface area contributed by atoms with Gasteiger partial charge in [-0.2, -0.15) is 0 Å². The summed E-state index contributed by atoms with van der Waals surface area (Å²) in [6.07, 6.45) is -0.00851. The first-order valence-corrected chi connectivity index (χ1v) is 8.36. The number of nitro benzene ring substituents is 1. The number of nitro groups is 1. The molecule has 0 unspecified atom stereocenters. The predicted molar refractivity (Wildman–Crippen MR) is 102 cm³/mol. The van der Waals surface area contributed by atoms with Crippen LogP contribution in [0.5, 0.6) is 0 Å². The second-order valence-corrected chi connectivity index (χ2v) is 5.87. The number of para-hydroxylation sites is 1. The zero-order valence-electron chi connectivity index (χ0n) is 14.1. The summed E-state index contributed by atoms with van der Waals surface area (Å²) in [6.45, 7) is 0.999. The number of benzene rings is 3. The molecule has 6 nitrogen and oxygen atoms in total. The van der Waals surface area contributed by atoms with Gasteiger partial charge in [-0.15, -0.1) is 0 Å². The zero-order valence-corrected chi connectivity index (χ0v) is 14.1. The van der Waals surface area contributed by atoms with Gasteiger partial charge >= 0.3 is 0 Å². The Morgan fingerprint density at radius 3 is 2.50 bits per heavy atom. The largest absolute Gasteiger partial charge is 0.383 e. The molecule has 0 aromatic heterocycles. The summed E-state index contributed by atoms with van der Waals surface area (Å²) in [5.41, 5.74) is 1.39. The van der Waals surface area contributed by atoms with E-state index in [-0.39, 0.29) is 18.0 Å². The van der Waals surface area contributed by atoms with Gasteiger partial charge in [0.05, 0.1) is 11.3 Å². The minimum atomic E-state index is -0.468. The first kappa shape index (κ1) is 17.4. The molecule has 0 radical (unpaired) electrons. The van der Waals surface area contributed by atoms with Gasteiger partial charge < -0.3 is 10.6 Å². The lowest BCUT2D eigenvalue weighted by atomic mass is 10.1. The van der Waals surface area contributed by atoms with Gasteiger partial charge in [0.15, 0.2) is 0 Å². The minimum absolute atomic E-state index is 0.00851. The molecule has 0 aliphatic rings. The highest BCUT2D eigenvalue weighted by molar-refractivity contribution is 5.93. The van der Waals surface area contributed by atoms with Crippen LogP contribution in [0.3, 0.4) is 0 Å². The normalized spacial score (nSPS) is 10.5. The molecule has 0 saturated carbocycles. The molecule has 0 spiro atoms. The summed E-state index contributed by atoms with van der Waals surface area (Å²) >= 11 is 0. The van der Waals surface area contributed by atoms with E-state index in [2.05, 4.69) is 22.8 Å². The monoisotopic (exact) mass is 349 g/mol. The summed E-state index contributed by atoms with van der Waals surface area (Å²) in [6, 6.07) is 20.4. The van der Waals surface area contributed by atoms with Crippen LogP contribution >= 0.6 is 0 Å². The van der Waals surface area contributed by atoms with Crippen molar-refractivity contribution in [1.29, 1.82) is 0 Å². The van der Waals surface area contributed by atoms with E-state index in [4.69, 9.17) is 0 Å². The van der Waals surface area contributed by atoms with Gasteiger partial charge in [-0.3, -0.25) is 14.9 Å². The number of carbonyl (C=O) groups excluding carboxylic acids is 1. The Balaban J connectivity index is 1.52. The number of hydrogen-bond acceptors (Lipinski definition) is 4. The molecule has 0 atom stereocenters. The van der Waals surface area contributed by atoms with Crippen LogP contribution in [0.25, 0.3) is 10.8 Å². The summed E-state index contributed by atoms with van der Waals surface area (Å²) in [4.78, 5) is 22.6. The van der Waals surface area contributed by atoms with Crippen molar-refractivity contribution < 1.29 is 9.72 Å². The van der Waals surface area contributed by atoms with E-state index in [1.165, 1.54) is 6.07 Å². The smallest absolute Gasteiger partial charge is 0.273 e. The lowest BCUT2D eigenvalue weighted by Crippen LogP contribution is -2.30. The molecule has 0 bridgehead atoms. The summed E-state index contributed by atoms with van der Waals surface area (Å²) < 4.78 is 0. The number of nitrogens with one attached hydrogen (secondary N) is 2. The molecule has 0 fully saturated rings. The zero-order chi connectivity index (χ0) is 18.4. The number of hydrogen-bond donors (Lipinski definition) is 2. The number of amides is 1. The third kappa shape index (κ3) is 4.16. The van der Waals surface area contributed by atoms with Crippen molar-refractivity contribution in [3.05, 3.63) is 82.4 Å². The molecule has 1 amide bonds. The van der Waals surface area contributed by atoms with Gasteiger partial charge in [-0.1, -0.05) is 54.6 Å². The fraction of sp³-hybridized carbons (Fsp3) is 0.150. The van der Waals surface area contributed by atoms with Crippen LogP contribution in [0.4, 0.5) is 11.4 Å². The quantitative estimate of drug-likeness (QED) is 0.388. The molecule has 3 rings (SSSR count). The molecular formula is C20H19N3O3. The van der Waals surface area contributed by atoms with Crippen molar-refractivity contribution in [3.8, 4) is 0 Å². The molecule has 132 valence electrons. The second-order valence-electron chi connectivity index (χ2n) is 5.87. The Morgan fingerprint density at radius 2 is 1.65 bits per heavy atom. The highest BCUT2D eigenvalue weighted by atomic mass is 16.6. The Hall–Kier alpha value is -3.41. The fourth-order valence-corrected chi connectivity index (χ4v) is 2.85. The van der Waals surface area contributed by atoms with Crippen molar-refractivity contribution in [2.75, 3.05) is 18.4 Å². The van der Waals surface area contributed by atoms with Crippen LogP contribution in [0.2, 0.25) is 0 Å². The first-order chi connectivity index (χ1) is 12.6. The molecule has 2 N–H and O–H groups in total. The Morgan fingerprint density at radius 1 is 0.923 bits per heavy atom. The number of nitrogens with zero attached hydrogens (tertiary/aromatic N) is 1. The molecule has 0 saturated heterocycles. The van der Waals surface area contributed by atoms with Crippen LogP contribution in [0, 0.1) is 10.1 Å². The molecule has 0 aliphatic carbocycles. The second kappa shape index (κ2) is 8.11. The standard InChI is InChI=1S/C20H19N3O3/c24-20(14-16-7-2-4-11-19(16)23(25)26)22-13-12-21-18-10-5-8-15-6-1-3-9-17(15)18/h1-11,21H,12-14H2,(H,22,24). The van der Waals surface area contributed by atoms with Gasteiger partial charge in [0, 0.05) is 35.8 Å². The summed E-state index contributed by atoms with van der Waals surface area (Å²) in [5, 5.41) is 19.4. The Kier molecular flexibility index (Phi) is 5.43. The summed E-state index contributed by atoms with van der Waals surface area (Å²) in [5.74, 6) is -0.237. The third-order valence-electron chi connectivity index (χ3n) is 4.09. The van der Waals surface area contributed by atoms with E-state index in [0.29, 0.717) is 18.7 Å². The average Bonchev–Trinajstić information content (AvgIpc) is 2.65. The van der Waals surface area contributed by atoms with Crippen molar-refractivity contribution in [1.82, 2.24) is 5.32 Å². The van der Waals surface area contributed by atoms with Crippen LogP contribution in [0.15, 0.2) is 66.7 Å². The van der Waals surface area contributed by atoms with Gasteiger partial charge in [0.1, 0.15) is 0 Å². The third-order valence-corrected chi connectivity index (χ3v) is 4.09. The molecular weight excluding hydrogens is 330 g/mol. The molecule has 3 aromatic carbocycles. The van der Waals surface area contributed by atoms with Crippen molar-refractivity contribution >= 4 is 28.1 Å². The van der Waals surface area contributed by atoms with E-state index in [1.54, 1.807) is 18.2 Å². The van der Waals surface area contributed by atoms with Crippen LogP contribution in [-0.2, 0) is 11.2 Å². The van der Waals surface area contributed by atoms with Gasteiger partial charge in [0.25, 0.3) is 5.69 Å². The van der Waals surface area contributed by atoms with Gasteiger partial charge in [0.2, 0.25) is 5.91 Å². The first-order valence-electron chi connectivity index (χ1n) is 8.36. The molecule has 6 heteroatoms. The van der Waals surface area contributed by atoms with Crippen LogP contribution in [-0.4, -0.2) is 23.9 Å². The van der Waals surface area contributed by atoms with Crippen molar-refractivity contribution in [2.24, 2.45) is 0 Å². The molecule has 0 heterocycles. The number of rotatable bonds is 7. The summed E-state index contributed by atoms with van der Waals surface area (Å²) in [7, 11) is 0. The van der Waals surface area contributed by atoms with E-state index >= 15 is 0 Å². The van der Waals surface area contributed by atoms with Crippen molar-refractivity contribution in [3.63, 3.8) is 0 Å². The van der Waals surface area contributed by atoms with Crippen LogP contribution < -0.4 is 10.6 Å². The van der Waals surface area contributed by atoms with Crippen molar-refractivity contribution in [2.45, 2.75) is 6.42 Å². The SMILES string of the molecule is O=C(Cc1ccccc1[N+](=O)[O-])NCCNc1cccc2ccccc12. The number of anilines is 1. The lowest BCUT2D eigenvalue weighted by Gasteiger charge is -2.10. The molecule has 26 heavy (non-hydrogen) atoms.